The van der Waals surface area contributed by atoms with Gasteiger partial charge < -0.3 is 9.88 Å². The number of aromatic nitrogens is 3. The molecule has 0 aliphatic carbocycles. The van der Waals surface area contributed by atoms with Gasteiger partial charge in [-0.2, -0.15) is 5.10 Å². The molecule has 2 aromatic rings. The number of aldehydes is 1. The number of nitrogens with zero attached hydrogens (tertiary/aromatic N) is 2. The van der Waals surface area contributed by atoms with Gasteiger partial charge in [-0.25, -0.2) is 0 Å². The molecule has 0 unspecified atom stereocenters. The Morgan fingerprint density at radius 2 is 2.09 bits per heavy atom. The van der Waals surface area contributed by atoms with Gasteiger partial charge in [-0.1, -0.05) is 12.1 Å². The summed E-state index contributed by atoms with van der Waals surface area (Å²) in [5.41, 5.74) is 1.07. The first kappa shape index (κ1) is 16.1. The van der Waals surface area contributed by atoms with Gasteiger partial charge in [-0.05, 0) is 38.2 Å². The fourth-order valence-corrected chi connectivity index (χ4v) is 2.51. The molecule has 0 spiro atoms. The Morgan fingerprint density at radius 3 is 2.68 bits per heavy atom. The second-order valence-electron chi connectivity index (χ2n) is 5.15. The van der Waals surface area contributed by atoms with Crippen LogP contribution in [0.15, 0.2) is 24.3 Å². The summed E-state index contributed by atoms with van der Waals surface area (Å²) in [6, 6.07) is 6.71. The van der Waals surface area contributed by atoms with E-state index < -0.39 is 0 Å². The van der Waals surface area contributed by atoms with Crippen molar-refractivity contribution in [1.29, 1.82) is 0 Å². The summed E-state index contributed by atoms with van der Waals surface area (Å²) in [6.07, 6.45) is 1.33. The Balaban J connectivity index is 1.94. The number of hydrogen-bond donors (Lipinski definition) is 2. The van der Waals surface area contributed by atoms with E-state index in [-0.39, 0.29) is 11.9 Å². The molecule has 1 aromatic carbocycles. The number of carbonyl (C=O) groups is 2. The number of H-pyrrole nitrogens is 1. The molecule has 0 saturated carbocycles. The van der Waals surface area contributed by atoms with Crippen LogP contribution in [0.2, 0.25) is 0 Å². The number of hydrogen-bond acceptors (Lipinski definition) is 4. The topological polar surface area (TPSA) is 79.8 Å². The summed E-state index contributed by atoms with van der Waals surface area (Å²) in [4.78, 5) is 22.6. The quantitative estimate of drug-likeness (QED) is 0.633. The minimum atomic E-state index is -0.178. The molecule has 0 radical (unpaired) electrons. The van der Waals surface area contributed by atoms with Crippen LogP contribution in [0.1, 0.15) is 46.4 Å². The summed E-state index contributed by atoms with van der Waals surface area (Å²) in [5.74, 6) is 0.638. The van der Waals surface area contributed by atoms with Gasteiger partial charge in [0.05, 0.1) is 0 Å². The molecule has 0 atom stereocenters. The van der Waals surface area contributed by atoms with Crippen LogP contribution in [0.4, 0.5) is 0 Å². The van der Waals surface area contributed by atoms with E-state index in [0.29, 0.717) is 28.9 Å². The molecule has 1 heterocycles. The summed E-state index contributed by atoms with van der Waals surface area (Å²) >= 11 is 5.18. The lowest BCUT2D eigenvalue weighted by molar-refractivity contribution is 0.0953. The van der Waals surface area contributed by atoms with E-state index in [0.717, 1.165) is 12.1 Å². The first-order valence-corrected chi connectivity index (χ1v) is 7.43. The second kappa shape index (κ2) is 7.13. The lowest BCUT2D eigenvalue weighted by Crippen LogP contribution is -2.26. The maximum Gasteiger partial charge on any atom is 0.251 e. The molecule has 0 aliphatic heterocycles. The molecule has 1 amide bonds. The Kier molecular flexibility index (Phi) is 5.21. The van der Waals surface area contributed by atoms with Crippen LogP contribution in [-0.2, 0) is 6.42 Å². The average Bonchev–Trinajstić information content (AvgIpc) is 2.88. The van der Waals surface area contributed by atoms with Crippen LogP contribution in [0, 0.1) is 4.77 Å². The predicted octanol–water partition coefficient (Wildman–Crippen LogP) is 2.31. The maximum absolute atomic E-state index is 12.0. The molecule has 116 valence electrons. The van der Waals surface area contributed by atoms with Gasteiger partial charge in [0.2, 0.25) is 0 Å². The van der Waals surface area contributed by atoms with Gasteiger partial charge in [-0.3, -0.25) is 14.7 Å². The Labute approximate surface area is 133 Å². The number of aromatic amines is 1. The van der Waals surface area contributed by atoms with Gasteiger partial charge in [0.1, 0.15) is 12.1 Å². The molecular formula is C15H18N4O2S. The van der Waals surface area contributed by atoms with Crippen LogP contribution in [0.3, 0.4) is 0 Å². The van der Waals surface area contributed by atoms with E-state index in [2.05, 4.69) is 15.5 Å². The van der Waals surface area contributed by atoms with Gasteiger partial charge >= 0.3 is 0 Å². The fraction of sp³-hybridized carbons (Fsp3) is 0.333. The van der Waals surface area contributed by atoms with Gasteiger partial charge in [-0.15, -0.1) is 0 Å². The van der Waals surface area contributed by atoms with E-state index >= 15 is 0 Å². The summed E-state index contributed by atoms with van der Waals surface area (Å²) < 4.78 is 2.51. The average molecular weight is 318 g/mol. The second-order valence-corrected chi connectivity index (χ2v) is 5.54. The summed E-state index contributed by atoms with van der Waals surface area (Å²) in [6.45, 7) is 4.52. The molecule has 1 aromatic heterocycles. The first-order chi connectivity index (χ1) is 10.5. The Morgan fingerprint density at radius 1 is 1.41 bits per heavy atom. The zero-order chi connectivity index (χ0) is 16.1. The fourth-order valence-electron chi connectivity index (χ4n) is 2.15. The number of carbonyl (C=O) groups excluding carboxylic acids is 2. The molecule has 7 heteroatoms. The largest absolute Gasteiger partial charge is 0.352 e. The molecule has 2 rings (SSSR count). The number of nitrogens with one attached hydrogen (secondary N) is 2. The van der Waals surface area contributed by atoms with E-state index in [4.69, 9.17) is 12.2 Å². The third kappa shape index (κ3) is 3.67. The smallest absolute Gasteiger partial charge is 0.251 e. The predicted molar refractivity (Wildman–Crippen MR) is 85.7 cm³/mol. The van der Waals surface area contributed by atoms with E-state index in [1.54, 1.807) is 24.3 Å². The van der Waals surface area contributed by atoms with E-state index in [9.17, 15) is 9.59 Å². The Hall–Kier alpha value is -2.28. The van der Waals surface area contributed by atoms with Crippen molar-refractivity contribution in [3.63, 3.8) is 0 Å². The zero-order valence-electron chi connectivity index (χ0n) is 12.5. The SMILES string of the molecule is CC(C)n1c(CCNC(=O)c2ccc(C=O)cc2)n[nH]c1=S. The monoisotopic (exact) mass is 318 g/mol. The van der Waals surface area contributed by atoms with Crippen molar-refractivity contribution in [3.8, 4) is 0 Å². The van der Waals surface area contributed by atoms with Crippen molar-refractivity contribution < 1.29 is 9.59 Å². The lowest BCUT2D eigenvalue weighted by Gasteiger charge is -2.10. The summed E-state index contributed by atoms with van der Waals surface area (Å²) in [5, 5.41) is 9.79. The molecule has 22 heavy (non-hydrogen) atoms. The highest BCUT2D eigenvalue weighted by Gasteiger charge is 2.10. The molecule has 0 fully saturated rings. The van der Waals surface area contributed by atoms with Crippen LogP contribution in [0.5, 0.6) is 0 Å². The molecule has 2 N–H and O–H groups in total. The molecule has 6 nitrogen and oxygen atoms in total. The minimum absolute atomic E-state index is 0.178. The van der Waals surface area contributed by atoms with Gasteiger partial charge in [0.15, 0.2) is 4.77 Å². The molecule has 0 bridgehead atoms. The van der Waals surface area contributed by atoms with E-state index in [1.165, 1.54) is 0 Å². The van der Waals surface area contributed by atoms with Gasteiger partial charge in [0.25, 0.3) is 5.91 Å². The van der Waals surface area contributed by atoms with Crippen molar-refractivity contribution in [2.75, 3.05) is 6.54 Å². The third-order valence-corrected chi connectivity index (χ3v) is 3.52. The van der Waals surface area contributed by atoms with Crippen molar-refractivity contribution >= 4 is 24.4 Å². The highest BCUT2D eigenvalue weighted by atomic mass is 32.1. The van der Waals surface area contributed by atoms with Crippen LogP contribution >= 0.6 is 12.2 Å². The normalized spacial score (nSPS) is 10.7. The first-order valence-electron chi connectivity index (χ1n) is 7.02. The van der Waals surface area contributed by atoms with Crippen LogP contribution < -0.4 is 5.32 Å². The van der Waals surface area contributed by atoms with Crippen molar-refractivity contribution in [2.45, 2.75) is 26.3 Å². The number of amides is 1. The highest BCUT2D eigenvalue weighted by Crippen LogP contribution is 2.09. The lowest BCUT2D eigenvalue weighted by atomic mass is 10.1. The molecule has 0 saturated heterocycles. The maximum atomic E-state index is 12.0. The number of rotatable bonds is 6. The van der Waals surface area contributed by atoms with E-state index in [1.807, 2.05) is 18.4 Å². The summed E-state index contributed by atoms with van der Waals surface area (Å²) in [7, 11) is 0. The molecular weight excluding hydrogens is 300 g/mol. The molecule has 0 aliphatic rings. The van der Waals surface area contributed by atoms with Gasteiger partial charge in [0, 0.05) is 30.1 Å². The zero-order valence-corrected chi connectivity index (χ0v) is 13.3. The van der Waals surface area contributed by atoms with Crippen LogP contribution in [-0.4, -0.2) is 33.5 Å². The van der Waals surface area contributed by atoms with Crippen molar-refractivity contribution in [3.05, 3.63) is 46.0 Å². The standard InChI is InChI=1S/C15H18N4O2S/c1-10(2)19-13(17-18-15(19)22)7-8-16-14(21)12-5-3-11(9-20)4-6-12/h3-6,9-10H,7-8H2,1-2H3,(H,16,21)(H,18,22). The minimum Gasteiger partial charge on any atom is -0.352 e. The third-order valence-electron chi connectivity index (χ3n) is 3.24. The van der Waals surface area contributed by atoms with Crippen molar-refractivity contribution in [1.82, 2.24) is 20.1 Å². The number of benzene rings is 1. The van der Waals surface area contributed by atoms with Crippen molar-refractivity contribution in [2.24, 2.45) is 0 Å². The highest BCUT2D eigenvalue weighted by molar-refractivity contribution is 7.71. The van der Waals surface area contributed by atoms with Crippen LogP contribution in [0.25, 0.3) is 0 Å². The Bertz CT molecular complexity index is 716.